The third kappa shape index (κ3) is 5.88. The lowest BCUT2D eigenvalue weighted by atomic mass is 9.43. The van der Waals surface area contributed by atoms with Crippen molar-refractivity contribution in [2.75, 3.05) is 0 Å². The molecule has 6 heteroatoms. The SMILES string of the molecule is O=C(O)C12CC3CC(C1)CC(c1ccc(-c4c5nc(c(-c6ccccc6)c6ccc([nH]6)c(-c6ccccc6)c6nc(c(-c7ccccc7)c7ccc4[nH]7)C=C6)C=C5)cc1)(C3)C2. The summed E-state index contributed by atoms with van der Waals surface area (Å²) in [5.41, 5.74) is 16.3. The Hall–Kier alpha value is -7.05. The predicted molar refractivity (Wildman–Crippen MR) is 247 cm³/mol. The number of carbonyl (C=O) groups is 1. The summed E-state index contributed by atoms with van der Waals surface area (Å²) in [4.78, 5) is 31.4. The molecular formula is C55H44N4O2. The van der Waals surface area contributed by atoms with Gasteiger partial charge in [-0.25, -0.2) is 9.97 Å². The molecule has 61 heavy (non-hydrogen) atoms. The van der Waals surface area contributed by atoms with Crippen molar-refractivity contribution in [3.63, 3.8) is 0 Å². The van der Waals surface area contributed by atoms with Crippen LogP contribution in [0, 0.1) is 17.3 Å². The third-order valence-corrected chi connectivity index (χ3v) is 14.2. The van der Waals surface area contributed by atoms with Gasteiger partial charge in [0.15, 0.2) is 0 Å². The minimum atomic E-state index is -0.596. The number of aliphatic carboxylic acids is 1. The minimum Gasteiger partial charge on any atom is -0.481 e. The Morgan fingerprint density at radius 2 is 0.836 bits per heavy atom. The van der Waals surface area contributed by atoms with Gasteiger partial charge in [0.25, 0.3) is 0 Å². The molecule has 6 nitrogen and oxygen atoms in total. The lowest BCUT2D eigenvalue weighted by Gasteiger charge is -2.60. The van der Waals surface area contributed by atoms with E-state index in [9.17, 15) is 9.90 Å². The van der Waals surface area contributed by atoms with Gasteiger partial charge in [0.1, 0.15) is 0 Å². The van der Waals surface area contributed by atoms with Crippen molar-refractivity contribution in [2.45, 2.75) is 43.9 Å². The zero-order valence-electron chi connectivity index (χ0n) is 33.7. The summed E-state index contributed by atoms with van der Waals surface area (Å²) >= 11 is 0. The molecule has 0 amide bonds. The van der Waals surface area contributed by atoms with Gasteiger partial charge in [-0.1, -0.05) is 115 Å². The Morgan fingerprint density at radius 1 is 0.475 bits per heavy atom. The Balaban J connectivity index is 1.13. The molecule has 5 heterocycles. The van der Waals surface area contributed by atoms with Crippen LogP contribution in [0.5, 0.6) is 0 Å². The Kier molecular flexibility index (Phi) is 8.08. The van der Waals surface area contributed by atoms with Gasteiger partial charge in [-0.3, -0.25) is 4.79 Å². The van der Waals surface area contributed by atoms with Gasteiger partial charge < -0.3 is 15.1 Å². The van der Waals surface area contributed by atoms with Crippen LogP contribution in [0.3, 0.4) is 0 Å². The van der Waals surface area contributed by atoms with E-state index in [1.807, 2.05) is 18.2 Å². The van der Waals surface area contributed by atoms with E-state index in [4.69, 9.17) is 9.97 Å². The Morgan fingerprint density at radius 3 is 1.20 bits per heavy atom. The van der Waals surface area contributed by atoms with Crippen molar-refractivity contribution in [1.29, 1.82) is 0 Å². The molecule has 4 aromatic carbocycles. The number of carboxylic acids is 1. The molecule has 4 saturated carbocycles. The van der Waals surface area contributed by atoms with E-state index in [0.717, 1.165) is 121 Å². The molecule has 12 bridgehead atoms. The molecule has 296 valence electrons. The highest BCUT2D eigenvalue weighted by Crippen LogP contribution is 2.66. The van der Waals surface area contributed by atoms with Gasteiger partial charge in [0, 0.05) is 44.3 Å². The van der Waals surface area contributed by atoms with E-state index in [-0.39, 0.29) is 5.41 Å². The third-order valence-electron chi connectivity index (χ3n) is 14.2. The molecule has 13 rings (SSSR count). The van der Waals surface area contributed by atoms with Crippen LogP contribution >= 0.6 is 0 Å². The highest BCUT2D eigenvalue weighted by Gasteiger charge is 2.61. The fourth-order valence-electron chi connectivity index (χ4n) is 12.1. The topological polar surface area (TPSA) is 94.7 Å². The smallest absolute Gasteiger partial charge is 0.309 e. The molecule has 0 radical (unpaired) electrons. The van der Waals surface area contributed by atoms with Crippen LogP contribution in [0.4, 0.5) is 0 Å². The van der Waals surface area contributed by atoms with Crippen LogP contribution in [0.15, 0.2) is 140 Å². The number of nitrogens with zero attached hydrogens (tertiary/aromatic N) is 2. The maximum Gasteiger partial charge on any atom is 0.309 e. The molecule has 3 N–H and O–H groups in total. The molecule has 0 spiro atoms. The first-order chi connectivity index (χ1) is 29.9. The maximum absolute atomic E-state index is 12.8. The Labute approximate surface area is 354 Å². The van der Waals surface area contributed by atoms with Crippen LogP contribution in [-0.4, -0.2) is 31.0 Å². The van der Waals surface area contributed by atoms with E-state index >= 15 is 0 Å². The summed E-state index contributed by atoms with van der Waals surface area (Å²) in [6, 6.07) is 49.2. The Bertz CT molecular complexity index is 3070. The number of benzene rings is 4. The zero-order valence-corrected chi connectivity index (χ0v) is 33.7. The average Bonchev–Trinajstić information content (AvgIpc) is 4.13. The van der Waals surface area contributed by atoms with Gasteiger partial charge in [0.2, 0.25) is 0 Å². The van der Waals surface area contributed by atoms with Gasteiger partial charge in [0.05, 0.1) is 28.2 Å². The van der Waals surface area contributed by atoms with Crippen molar-refractivity contribution in [3.05, 3.63) is 168 Å². The van der Waals surface area contributed by atoms with Crippen LogP contribution in [0.25, 0.3) is 90.9 Å². The van der Waals surface area contributed by atoms with Crippen molar-refractivity contribution in [3.8, 4) is 44.5 Å². The monoisotopic (exact) mass is 792 g/mol. The van der Waals surface area contributed by atoms with E-state index in [2.05, 4.69) is 156 Å². The van der Waals surface area contributed by atoms with Gasteiger partial charge in [-0.2, -0.15) is 0 Å². The first-order valence-electron chi connectivity index (χ1n) is 21.6. The minimum absolute atomic E-state index is 0.0886. The first kappa shape index (κ1) is 35.9. The number of rotatable bonds is 6. The van der Waals surface area contributed by atoms with E-state index in [1.165, 1.54) is 12.0 Å². The largest absolute Gasteiger partial charge is 0.481 e. The quantitative estimate of drug-likeness (QED) is 0.156. The first-order valence-corrected chi connectivity index (χ1v) is 21.6. The van der Waals surface area contributed by atoms with Crippen molar-refractivity contribution in [2.24, 2.45) is 17.3 Å². The predicted octanol–water partition coefficient (Wildman–Crippen LogP) is 13.2. The molecule has 2 unspecified atom stereocenters. The van der Waals surface area contributed by atoms with Crippen molar-refractivity contribution < 1.29 is 9.90 Å². The number of hydrogen-bond donors (Lipinski definition) is 3. The van der Waals surface area contributed by atoms with Crippen LogP contribution < -0.4 is 0 Å². The number of aromatic amines is 2. The van der Waals surface area contributed by atoms with Crippen LogP contribution in [-0.2, 0) is 10.2 Å². The summed E-state index contributed by atoms with van der Waals surface area (Å²) in [7, 11) is 0. The number of hydrogen-bond acceptors (Lipinski definition) is 3. The number of carboxylic acid groups (broad SMARTS) is 1. The molecule has 0 saturated heterocycles. The number of nitrogens with one attached hydrogen (secondary N) is 2. The van der Waals surface area contributed by atoms with Crippen LogP contribution in [0.2, 0.25) is 0 Å². The van der Waals surface area contributed by atoms with Gasteiger partial charge in [-0.15, -0.1) is 0 Å². The highest BCUT2D eigenvalue weighted by molar-refractivity contribution is 5.99. The fraction of sp³-hybridized carbons (Fsp3) is 0.182. The lowest BCUT2D eigenvalue weighted by Crippen LogP contribution is -2.56. The molecule has 4 fully saturated rings. The molecule has 2 aliphatic heterocycles. The number of fused-ring (bicyclic) bond motifs is 8. The van der Waals surface area contributed by atoms with Crippen LogP contribution in [0.1, 0.15) is 66.9 Å². The number of H-pyrrole nitrogens is 2. The highest BCUT2D eigenvalue weighted by atomic mass is 16.4. The fourth-order valence-corrected chi connectivity index (χ4v) is 12.1. The second-order valence-electron chi connectivity index (χ2n) is 18.0. The summed E-state index contributed by atoms with van der Waals surface area (Å²) in [5.74, 6) is 0.377. The van der Waals surface area contributed by atoms with E-state index in [1.54, 1.807) is 0 Å². The van der Waals surface area contributed by atoms with E-state index in [0.29, 0.717) is 11.8 Å². The average molecular weight is 793 g/mol. The second-order valence-corrected chi connectivity index (χ2v) is 18.0. The normalized spacial score (nSPS) is 22.2. The standard InChI is InChI=1S/C55H44N4O2/c60-53(61)55-31-34-28-35(32-55)30-54(29-34,33-55)40-18-16-39(17-19-40)52-47-26-24-45(58-47)50(37-12-6-2-7-13-37)43-22-20-41(56-43)49(36-10-4-1-5-11-36)42-21-23-44(57-42)51(38-14-8-3-9-15-38)46-25-27-48(52)59-46/h1-27,34-35,56,59H,28-33H2,(H,60,61). The molecule has 7 aromatic rings. The second kappa shape index (κ2) is 13.7. The maximum atomic E-state index is 12.8. The number of aromatic nitrogens is 4. The zero-order chi connectivity index (χ0) is 40.7. The summed E-state index contributed by atoms with van der Waals surface area (Å²) in [6.45, 7) is 0. The molecule has 3 aromatic heterocycles. The van der Waals surface area contributed by atoms with E-state index < -0.39 is 11.4 Å². The lowest BCUT2D eigenvalue weighted by molar-refractivity contribution is -0.167. The molecule has 4 aliphatic carbocycles. The molecule has 6 aliphatic rings. The molecular weight excluding hydrogens is 749 g/mol. The van der Waals surface area contributed by atoms with Gasteiger partial charge >= 0.3 is 5.97 Å². The summed E-state index contributed by atoms with van der Waals surface area (Å²) in [6.07, 6.45) is 14.3. The summed E-state index contributed by atoms with van der Waals surface area (Å²) < 4.78 is 0. The van der Waals surface area contributed by atoms with Gasteiger partial charge in [-0.05, 0) is 132 Å². The molecule has 2 atom stereocenters. The van der Waals surface area contributed by atoms with Crippen molar-refractivity contribution >= 4 is 52.3 Å². The van der Waals surface area contributed by atoms with Crippen molar-refractivity contribution in [1.82, 2.24) is 19.9 Å². The summed E-state index contributed by atoms with van der Waals surface area (Å²) in [5, 5.41) is 10.5.